The van der Waals surface area contributed by atoms with Crippen molar-refractivity contribution in [2.75, 3.05) is 27.3 Å². The van der Waals surface area contributed by atoms with Gasteiger partial charge in [0.1, 0.15) is 17.2 Å². The fraction of sp³-hybridized carbons (Fsp3) is 0.310. The minimum atomic E-state index is -3.26. The minimum Gasteiger partial charge on any atom is -0.483 e. The van der Waals surface area contributed by atoms with Gasteiger partial charge in [-0.2, -0.15) is 0 Å². The molecule has 40 heavy (non-hydrogen) atoms. The first-order valence-electron chi connectivity index (χ1n) is 12.9. The van der Waals surface area contributed by atoms with Crippen molar-refractivity contribution in [2.45, 2.75) is 31.5 Å². The van der Waals surface area contributed by atoms with E-state index < -0.39 is 17.4 Å². The summed E-state index contributed by atoms with van der Waals surface area (Å²) >= 11 is 0. The van der Waals surface area contributed by atoms with E-state index in [0.29, 0.717) is 42.8 Å². The molecule has 0 heterocycles. The van der Waals surface area contributed by atoms with Crippen molar-refractivity contribution in [2.24, 2.45) is 9.98 Å². The number of rotatable bonds is 16. The van der Waals surface area contributed by atoms with Gasteiger partial charge < -0.3 is 22.1 Å². The Kier molecular flexibility index (Phi) is 14.9. The number of isocyanates is 2. The second-order valence-corrected chi connectivity index (χ2v) is 14.7. The van der Waals surface area contributed by atoms with Gasteiger partial charge in [0.15, 0.2) is 0 Å². The van der Waals surface area contributed by atoms with E-state index in [1.165, 1.54) is 6.08 Å². The molecule has 212 valence electrons. The predicted molar refractivity (Wildman–Crippen MR) is 157 cm³/mol. The Morgan fingerprint density at radius 2 is 0.950 bits per heavy atom. The highest BCUT2D eigenvalue weighted by Crippen LogP contribution is 2.27. The average molecular weight is 581 g/mol. The fourth-order valence-corrected chi connectivity index (χ4v) is 7.34. The van der Waals surface area contributed by atoms with Crippen LogP contribution in [0.5, 0.6) is 17.2 Å². The van der Waals surface area contributed by atoms with Gasteiger partial charge in [-0.05, 0) is 61.8 Å². The van der Waals surface area contributed by atoms with Gasteiger partial charge in [0, 0.05) is 14.2 Å². The zero-order valence-electron chi connectivity index (χ0n) is 23.2. The van der Waals surface area contributed by atoms with Gasteiger partial charge >= 0.3 is 17.4 Å². The Balaban J connectivity index is 0.000000395. The topological polar surface area (TPSA) is 105 Å². The number of hydrogen-bond donors (Lipinski definition) is 0. The molecule has 9 nitrogen and oxygen atoms in total. The summed E-state index contributed by atoms with van der Waals surface area (Å²) in [5.74, 6) is 2.00. The van der Waals surface area contributed by atoms with E-state index in [-0.39, 0.29) is 0 Å². The fourth-order valence-electron chi connectivity index (χ4n) is 3.45. The van der Waals surface area contributed by atoms with Crippen molar-refractivity contribution < 1.29 is 31.7 Å². The molecule has 0 saturated heterocycles. The summed E-state index contributed by atoms with van der Waals surface area (Å²) in [6.45, 7) is 2.84. The molecule has 0 fully saturated rings. The second kappa shape index (κ2) is 18.5. The van der Waals surface area contributed by atoms with Crippen molar-refractivity contribution in [3.8, 4) is 17.2 Å². The molecule has 0 unspecified atom stereocenters. The normalized spacial score (nSPS) is 10.7. The van der Waals surface area contributed by atoms with Gasteiger partial charge in [-0.3, -0.25) is 0 Å². The first-order valence-corrected chi connectivity index (χ1v) is 17.3. The molecule has 0 radical (unpaired) electrons. The first-order chi connectivity index (χ1) is 19.5. The van der Waals surface area contributed by atoms with Gasteiger partial charge in [-0.25, -0.2) is 19.6 Å². The minimum absolute atomic E-state index is 0.340. The summed E-state index contributed by atoms with van der Waals surface area (Å²) in [7, 11) is -1.89. The highest BCUT2D eigenvalue weighted by atomic mass is 28.4. The lowest BCUT2D eigenvalue weighted by Gasteiger charge is -2.30. The van der Waals surface area contributed by atoms with E-state index >= 15 is 0 Å². The van der Waals surface area contributed by atoms with Gasteiger partial charge in [0.25, 0.3) is 0 Å². The third-order valence-electron chi connectivity index (χ3n) is 5.70. The first kappa shape index (κ1) is 32.4. The molecule has 0 bridgehead atoms. The predicted octanol–water partition coefficient (Wildman–Crippen LogP) is 5.97. The molecule has 0 aromatic heterocycles. The van der Waals surface area contributed by atoms with Crippen LogP contribution in [0.25, 0.3) is 0 Å². The van der Waals surface area contributed by atoms with Crippen LogP contribution in [0.4, 0.5) is 0 Å². The number of nitrogens with zero attached hydrogens (tertiary/aromatic N) is 2. The van der Waals surface area contributed by atoms with Gasteiger partial charge in [0.05, 0.1) is 19.1 Å². The highest BCUT2D eigenvalue weighted by molar-refractivity contribution is 6.65. The van der Waals surface area contributed by atoms with E-state index in [4.69, 9.17) is 22.1 Å². The molecule has 0 aliphatic carbocycles. The van der Waals surface area contributed by atoms with Crippen LogP contribution >= 0.6 is 0 Å². The maximum atomic E-state index is 10.4. The van der Waals surface area contributed by atoms with Crippen molar-refractivity contribution in [1.29, 1.82) is 0 Å². The summed E-state index contributed by atoms with van der Waals surface area (Å²) in [6, 6.07) is 29.7. The quantitative estimate of drug-likeness (QED) is 0.0890. The molecule has 0 N–H and O–H groups in total. The van der Waals surface area contributed by atoms with Crippen molar-refractivity contribution >= 4 is 29.5 Å². The standard InChI is InChI=1S/C22H21NO4Si.C7H15NO3Si/c24-19-23-17-10-18-28(25-20-11-4-1-5-12-20,26-21-13-6-2-7-14-21)27-22-15-8-3-9-16-22;1-10-12(3,11-2)6-4-5-8-7-9/h1-9,11-16H,10,17-18H2;4-6H2,1-3H3. The molecule has 3 aromatic rings. The zero-order chi connectivity index (χ0) is 28.9. The van der Waals surface area contributed by atoms with E-state index in [1.54, 1.807) is 20.3 Å². The lowest BCUT2D eigenvalue weighted by Crippen LogP contribution is -2.55. The smallest absolute Gasteiger partial charge is 0.483 e. The molecular weight excluding hydrogens is 544 g/mol. The monoisotopic (exact) mass is 580 g/mol. The maximum Gasteiger partial charge on any atom is 0.699 e. The van der Waals surface area contributed by atoms with Crippen molar-refractivity contribution in [1.82, 2.24) is 0 Å². The summed E-state index contributed by atoms with van der Waals surface area (Å²) in [5, 5.41) is 0. The van der Waals surface area contributed by atoms with E-state index in [2.05, 4.69) is 9.98 Å². The Morgan fingerprint density at radius 3 is 1.27 bits per heavy atom. The molecule has 11 heteroatoms. The van der Waals surface area contributed by atoms with Crippen LogP contribution in [-0.2, 0) is 18.4 Å². The van der Waals surface area contributed by atoms with Crippen LogP contribution < -0.4 is 13.3 Å². The van der Waals surface area contributed by atoms with E-state index in [9.17, 15) is 9.59 Å². The van der Waals surface area contributed by atoms with Gasteiger partial charge in [-0.1, -0.05) is 54.6 Å². The third-order valence-corrected chi connectivity index (χ3v) is 11.3. The molecule has 0 atom stereocenters. The molecule has 3 rings (SSSR count). The zero-order valence-corrected chi connectivity index (χ0v) is 25.2. The van der Waals surface area contributed by atoms with Gasteiger partial charge in [-0.15, -0.1) is 0 Å². The molecular formula is C29H36N2O7Si2. The SMILES string of the molecule is CO[Si](C)(CCCN=C=O)OC.O=C=NCCC[Si](Oc1ccccc1)(Oc1ccccc1)Oc1ccccc1. The lowest BCUT2D eigenvalue weighted by atomic mass is 10.3. The summed E-state index contributed by atoms with van der Waals surface area (Å²) < 4.78 is 29.5. The number of benzene rings is 3. The number of hydrogen-bond acceptors (Lipinski definition) is 9. The third kappa shape index (κ3) is 12.4. The Bertz CT molecular complexity index is 1090. The van der Waals surface area contributed by atoms with Crippen molar-refractivity contribution in [3.63, 3.8) is 0 Å². The molecule has 3 aromatic carbocycles. The largest absolute Gasteiger partial charge is 0.699 e. The lowest BCUT2D eigenvalue weighted by molar-refractivity contribution is 0.249. The Labute approximate surface area is 238 Å². The molecule has 0 aliphatic rings. The average Bonchev–Trinajstić information content (AvgIpc) is 2.99. The Hall–Kier alpha value is -3.83. The van der Waals surface area contributed by atoms with Crippen molar-refractivity contribution in [3.05, 3.63) is 91.0 Å². The van der Waals surface area contributed by atoms with Crippen LogP contribution in [0.2, 0.25) is 18.6 Å². The highest BCUT2D eigenvalue weighted by Gasteiger charge is 2.48. The number of aliphatic imine (C=N–C) groups is 2. The van der Waals surface area contributed by atoms with Crippen LogP contribution in [0, 0.1) is 0 Å². The summed E-state index contributed by atoms with van der Waals surface area (Å²) in [5.41, 5.74) is 0. The number of carbonyl (C=O) groups excluding carboxylic acids is 2. The molecule has 0 aliphatic heterocycles. The molecule has 0 spiro atoms. The van der Waals surface area contributed by atoms with Crippen LogP contribution in [-0.4, -0.2) is 56.8 Å². The summed E-state index contributed by atoms with van der Waals surface area (Å²) in [6.07, 6.45) is 4.47. The van der Waals surface area contributed by atoms with Gasteiger partial charge in [0.2, 0.25) is 12.2 Å². The van der Waals surface area contributed by atoms with Crippen LogP contribution in [0.1, 0.15) is 12.8 Å². The van der Waals surface area contributed by atoms with E-state index in [1.807, 2.05) is 97.5 Å². The Morgan fingerprint density at radius 1 is 0.600 bits per heavy atom. The maximum absolute atomic E-state index is 10.4. The van der Waals surface area contributed by atoms with E-state index in [0.717, 1.165) is 12.5 Å². The number of para-hydroxylation sites is 3. The second-order valence-electron chi connectivity index (χ2n) is 8.62. The van der Waals surface area contributed by atoms with Crippen LogP contribution in [0.15, 0.2) is 101 Å². The molecule has 0 saturated carbocycles. The summed E-state index contributed by atoms with van der Waals surface area (Å²) in [4.78, 5) is 27.2. The molecule has 0 amide bonds. The van der Waals surface area contributed by atoms with Crippen LogP contribution in [0.3, 0.4) is 0 Å².